The minimum absolute atomic E-state index is 0.0966. The van der Waals surface area contributed by atoms with Crippen molar-refractivity contribution in [3.8, 4) is 28.8 Å². The van der Waals surface area contributed by atoms with Gasteiger partial charge in [0.15, 0.2) is 5.65 Å². The number of hydrogen-bond donors (Lipinski definition) is 1. The normalized spacial score (nSPS) is 18.4. The third kappa shape index (κ3) is 7.14. The Balaban J connectivity index is 1.24. The quantitative estimate of drug-likeness (QED) is 0.192. The summed E-state index contributed by atoms with van der Waals surface area (Å²) in [5.74, 6) is 0.280. The molecule has 2 aromatic heterocycles. The number of aromatic nitrogens is 4. The summed E-state index contributed by atoms with van der Waals surface area (Å²) < 4.78 is 23.2. The second kappa shape index (κ2) is 13.6. The number of nitrogens with two attached hydrogens (primary N) is 1. The maximum absolute atomic E-state index is 15.7. The zero-order valence-corrected chi connectivity index (χ0v) is 28.9. The fourth-order valence-corrected chi connectivity index (χ4v) is 6.86. The molecule has 2 fully saturated rings. The fraction of sp³-hybridized carbons (Fsp3) is 0.432. The van der Waals surface area contributed by atoms with E-state index >= 15 is 4.39 Å². The third-order valence-electron chi connectivity index (χ3n) is 9.61. The summed E-state index contributed by atoms with van der Waals surface area (Å²) in [7, 11) is 0. The van der Waals surface area contributed by atoms with E-state index < -0.39 is 11.4 Å². The lowest BCUT2D eigenvalue weighted by Gasteiger charge is -2.47. The Kier molecular flexibility index (Phi) is 9.42. The van der Waals surface area contributed by atoms with Crippen molar-refractivity contribution in [1.29, 1.82) is 5.26 Å². The first-order chi connectivity index (χ1) is 23.4. The van der Waals surface area contributed by atoms with Crippen LogP contribution in [-0.2, 0) is 4.79 Å². The molecule has 0 aliphatic carbocycles. The number of piperidine rings is 1. The first kappa shape index (κ1) is 34.0. The highest BCUT2D eigenvalue weighted by atomic mass is 19.1. The molecule has 4 aromatic rings. The van der Waals surface area contributed by atoms with Crippen molar-refractivity contribution in [1.82, 2.24) is 34.4 Å². The van der Waals surface area contributed by atoms with Crippen LogP contribution in [0.5, 0.6) is 11.5 Å². The Hall–Kier alpha value is -4.86. The minimum Gasteiger partial charge on any atom is -0.457 e. The molecule has 0 bridgehead atoms. The topological polar surface area (TPSA) is 129 Å². The molecule has 6 rings (SSSR count). The molecule has 2 saturated heterocycles. The van der Waals surface area contributed by atoms with Gasteiger partial charge in [-0.3, -0.25) is 14.6 Å². The number of amides is 1. The average molecular weight is 666 g/mol. The number of carbonyl (C=O) groups excluding carboxylic acids is 1. The van der Waals surface area contributed by atoms with Crippen LogP contribution in [0.15, 0.2) is 66.5 Å². The Bertz CT molecular complexity index is 1900. The smallest absolute Gasteiger partial charge is 0.264 e. The zero-order valence-electron chi connectivity index (χ0n) is 28.9. The summed E-state index contributed by atoms with van der Waals surface area (Å²) in [4.78, 5) is 29.0. The maximum Gasteiger partial charge on any atom is 0.264 e. The van der Waals surface area contributed by atoms with Crippen LogP contribution in [0, 0.1) is 17.1 Å². The summed E-state index contributed by atoms with van der Waals surface area (Å²) in [5, 5.41) is 15.4. The van der Waals surface area contributed by atoms with Crippen molar-refractivity contribution >= 4 is 22.8 Å². The number of ether oxygens (including phenoxy) is 1. The molecule has 2 aliphatic rings. The van der Waals surface area contributed by atoms with E-state index in [0.29, 0.717) is 54.2 Å². The van der Waals surface area contributed by atoms with Crippen LogP contribution < -0.4 is 10.5 Å². The monoisotopic (exact) mass is 665 g/mol. The van der Waals surface area contributed by atoms with Gasteiger partial charge in [0.05, 0.1) is 11.4 Å². The van der Waals surface area contributed by atoms with Gasteiger partial charge in [-0.25, -0.2) is 19.0 Å². The standard InChI is InChI=1S/C37H44FN9O2/c1-36(2,3)45-16-18-46(19-17-45)37(4,5)21-25(22-39)35(48)44-15-9-10-26(23-44)47-34-31(33(40)41-24-42-34)32(43-47)29-14-13-28(20-30(29)38)49-27-11-7-6-8-12-27/h6-8,11-14,20-21,24,26H,9-10,15-19,23H2,1-5H3,(H2,40,41,42)/b25-21-/t26-/m1/s1. The molecule has 0 radical (unpaired) electrons. The predicted octanol–water partition coefficient (Wildman–Crippen LogP) is 5.82. The van der Waals surface area contributed by atoms with Crippen LogP contribution in [0.3, 0.4) is 0 Å². The van der Waals surface area contributed by atoms with Gasteiger partial charge < -0.3 is 15.4 Å². The van der Waals surface area contributed by atoms with Crippen molar-refractivity contribution in [2.45, 2.75) is 64.6 Å². The highest BCUT2D eigenvalue weighted by Crippen LogP contribution is 2.36. The Morgan fingerprint density at radius 1 is 1.00 bits per heavy atom. The van der Waals surface area contributed by atoms with Gasteiger partial charge in [0.2, 0.25) is 0 Å². The lowest BCUT2D eigenvalue weighted by molar-refractivity contribution is -0.128. The number of halogens is 1. The van der Waals surface area contributed by atoms with E-state index in [9.17, 15) is 10.1 Å². The van der Waals surface area contributed by atoms with Gasteiger partial charge in [0.25, 0.3) is 5.91 Å². The van der Waals surface area contributed by atoms with Crippen LogP contribution in [-0.4, -0.2) is 90.7 Å². The number of benzene rings is 2. The molecule has 2 N–H and O–H groups in total. The number of piperazine rings is 1. The number of nitrogen functional groups attached to an aromatic ring is 1. The van der Waals surface area contributed by atoms with Crippen LogP contribution in [0.4, 0.5) is 10.2 Å². The highest BCUT2D eigenvalue weighted by Gasteiger charge is 2.35. The van der Waals surface area contributed by atoms with Crippen molar-refractivity contribution in [3.05, 3.63) is 72.3 Å². The number of hydrogen-bond acceptors (Lipinski definition) is 9. The number of rotatable bonds is 7. The summed E-state index contributed by atoms with van der Waals surface area (Å²) >= 11 is 0. The fourth-order valence-electron chi connectivity index (χ4n) is 6.86. The van der Waals surface area contributed by atoms with E-state index in [0.717, 1.165) is 26.2 Å². The van der Waals surface area contributed by atoms with E-state index in [-0.39, 0.29) is 34.4 Å². The largest absolute Gasteiger partial charge is 0.457 e. The van der Waals surface area contributed by atoms with Gasteiger partial charge >= 0.3 is 0 Å². The van der Waals surface area contributed by atoms with Gasteiger partial charge in [-0.15, -0.1) is 0 Å². The Morgan fingerprint density at radius 3 is 2.39 bits per heavy atom. The van der Waals surface area contributed by atoms with Crippen LogP contribution in [0.25, 0.3) is 22.3 Å². The molecular formula is C37H44FN9O2. The molecule has 0 spiro atoms. The number of carbonyl (C=O) groups is 1. The number of fused-ring (bicyclic) bond motifs is 1. The van der Waals surface area contributed by atoms with E-state index in [1.165, 1.54) is 12.4 Å². The van der Waals surface area contributed by atoms with Gasteiger partial charge in [-0.1, -0.05) is 18.2 Å². The van der Waals surface area contributed by atoms with E-state index in [1.54, 1.807) is 33.8 Å². The minimum atomic E-state index is -0.532. The Labute approximate surface area is 286 Å². The summed E-state index contributed by atoms with van der Waals surface area (Å²) in [6.07, 6.45) is 4.59. The number of anilines is 1. The van der Waals surface area contributed by atoms with E-state index in [2.05, 4.69) is 60.5 Å². The summed E-state index contributed by atoms with van der Waals surface area (Å²) in [6, 6.07) is 15.7. The zero-order chi connectivity index (χ0) is 34.9. The van der Waals surface area contributed by atoms with Crippen molar-refractivity contribution < 1.29 is 13.9 Å². The maximum atomic E-state index is 15.7. The molecule has 49 heavy (non-hydrogen) atoms. The number of likely N-dealkylation sites (tertiary alicyclic amines) is 1. The van der Waals surface area contributed by atoms with Gasteiger partial charge in [0.1, 0.15) is 46.8 Å². The van der Waals surface area contributed by atoms with Crippen molar-refractivity contribution in [3.63, 3.8) is 0 Å². The second-order valence-corrected chi connectivity index (χ2v) is 14.3. The van der Waals surface area contributed by atoms with E-state index in [1.807, 2.05) is 24.3 Å². The van der Waals surface area contributed by atoms with Gasteiger partial charge in [-0.2, -0.15) is 10.4 Å². The molecule has 256 valence electrons. The molecule has 1 amide bonds. The average Bonchev–Trinajstić information content (AvgIpc) is 3.48. The van der Waals surface area contributed by atoms with Crippen LogP contribution in [0.2, 0.25) is 0 Å². The molecule has 12 heteroatoms. The SMILES string of the molecule is CC(C)(C)N1CCN(C(C)(C)/C=C(/C#N)C(=O)N2CCC[C@@H](n3nc(-c4ccc(Oc5ccccc5)cc4F)c4c(N)ncnc43)C2)CC1. The first-order valence-electron chi connectivity index (χ1n) is 16.8. The molecule has 0 unspecified atom stereocenters. The van der Waals surface area contributed by atoms with Crippen molar-refractivity contribution in [2.75, 3.05) is 45.0 Å². The van der Waals surface area contributed by atoms with Gasteiger partial charge in [-0.05, 0) is 77.8 Å². The van der Waals surface area contributed by atoms with E-state index in [4.69, 9.17) is 15.6 Å². The lowest BCUT2D eigenvalue weighted by Crippen LogP contribution is -2.58. The molecule has 0 saturated carbocycles. The third-order valence-corrected chi connectivity index (χ3v) is 9.61. The number of para-hydroxylation sites is 1. The predicted molar refractivity (Wildman–Crippen MR) is 187 cm³/mol. The number of nitriles is 1. The molecule has 1 atom stereocenters. The van der Waals surface area contributed by atoms with Crippen LogP contribution >= 0.6 is 0 Å². The highest BCUT2D eigenvalue weighted by molar-refractivity contribution is 5.99. The Morgan fingerprint density at radius 2 is 1.71 bits per heavy atom. The van der Waals surface area contributed by atoms with Gasteiger partial charge in [0, 0.05) is 62.0 Å². The molecule has 2 aliphatic heterocycles. The first-order valence-corrected chi connectivity index (χ1v) is 16.8. The summed E-state index contributed by atoms with van der Waals surface area (Å²) in [5.41, 5.74) is 7.08. The van der Waals surface area contributed by atoms with Crippen molar-refractivity contribution in [2.24, 2.45) is 0 Å². The number of nitrogens with zero attached hydrogens (tertiary/aromatic N) is 8. The molecule has 11 nitrogen and oxygen atoms in total. The molecule has 2 aromatic carbocycles. The summed E-state index contributed by atoms with van der Waals surface area (Å²) in [6.45, 7) is 15.2. The van der Waals surface area contributed by atoms with Crippen LogP contribution in [0.1, 0.15) is 53.5 Å². The molecule has 4 heterocycles. The second-order valence-electron chi connectivity index (χ2n) is 14.3. The lowest BCUT2D eigenvalue weighted by atomic mass is 9.96. The molecular weight excluding hydrogens is 621 g/mol.